The average molecular weight is 318 g/mol. The van der Waals surface area contributed by atoms with Crippen LogP contribution in [0.3, 0.4) is 0 Å². The van der Waals surface area contributed by atoms with Gasteiger partial charge in [0, 0.05) is 19.0 Å². The number of ether oxygens (including phenoxy) is 1. The van der Waals surface area contributed by atoms with Gasteiger partial charge in [-0.25, -0.2) is 13.9 Å². The summed E-state index contributed by atoms with van der Waals surface area (Å²) in [5, 5.41) is 9.63. The molecule has 0 aliphatic carbocycles. The standard InChI is InChI=1S/C16H19FN4O2/c1-11(15-4-2-9-23-15)19-16(22)20-13-10-12(17)5-6-14(13)21-8-3-7-18-21/h3,5-8,10-11,15H,2,4,9H2,1H3,(H2,19,20,22)/t11-,15-/m1/s1. The number of urea groups is 1. The molecule has 6 nitrogen and oxygen atoms in total. The number of anilines is 1. The number of rotatable bonds is 4. The van der Waals surface area contributed by atoms with E-state index < -0.39 is 11.8 Å². The summed E-state index contributed by atoms with van der Waals surface area (Å²) in [6, 6.07) is 5.42. The highest BCUT2D eigenvalue weighted by molar-refractivity contribution is 5.91. The number of nitrogens with zero attached hydrogens (tertiary/aromatic N) is 2. The molecule has 0 radical (unpaired) electrons. The topological polar surface area (TPSA) is 68.2 Å². The molecule has 2 amide bonds. The maximum Gasteiger partial charge on any atom is 0.319 e. The van der Waals surface area contributed by atoms with Crippen LogP contribution >= 0.6 is 0 Å². The maximum absolute atomic E-state index is 13.5. The van der Waals surface area contributed by atoms with Crippen LogP contribution in [0.15, 0.2) is 36.7 Å². The largest absolute Gasteiger partial charge is 0.376 e. The van der Waals surface area contributed by atoms with E-state index in [1.807, 2.05) is 6.92 Å². The van der Waals surface area contributed by atoms with Crippen molar-refractivity contribution in [2.45, 2.75) is 31.9 Å². The van der Waals surface area contributed by atoms with Gasteiger partial charge in [-0.15, -0.1) is 0 Å². The first-order valence-electron chi connectivity index (χ1n) is 7.62. The van der Waals surface area contributed by atoms with Crippen molar-refractivity contribution < 1.29 is 13.9 Å². The molecule has 1 aromatic heterocycles. The highest BCUT2D eigenvalue weighted by Crippen LogP contribution is 2.21. The van der Waals surface area contributed by atoms with Crippen LogP contribution in [0.2, 0.25) is 0 Å². The maximum atomic E-state index is 13.5. The third-order valence-corrected chi connectivity index (χ3v) is 3.84. The van der Waals surface area contributed by atoms with E-state index in [4.69, 9.17) is 4.74 Å². The van der Waals surface area contributed by atoms with E-state index in [1.54, 1.807) is 29.2 Å². The summed E-state index contributed by atoms with van der Waals surface area (Å²) in [5.74, 6) is -0.427. The van der Waals surface area contributed by atoms with Crippen LogP contribution in [0, 0.1) is 5.82 Å². The van der Waals surface area contributed by atoms with Gasteiger partial charge in [0.05, 0.1) is 23.5 Å². The first-order valence-corrected chi connectivity index (χ1v) is 7.62. The van der Waals surface area contributed by atoms with Crippen LogP contribution in [0.5, 0.6) is 0 Å². The Morgan fingerprint density at radius 1 is 1.52 bits per heavy atom. The smallest absolute Gasteiger partial charge is 0.319 e. The molecule has 1 aliphatic rings. The van der Waals surface area contributed by atoms with E-state index in [9.17, 15) is 9.18 Å². The quantitative estimate of drug-likeness (QED) is 0.911. The molecular weight excluding hydrogens is 299 g/mol. The first kappa shape index (κ1) is 15.5. The Bertz CT molecular complexity index is 669. The van der Waals surface area contributed by atoms with Gasteiger partial charge in [-0.05, 0) is 44.0 Å². The second-order valence-corrected chi connectivity index (χ2v) is 5.55. The van der Waals surface area contributed by atoms with E-state index in [0.29, 0.717) is 11.4 Å². The molecule has 0 spiro atoms. The second kappa shape index (κ2) is 6.78. The zero-order chi connectivity index (χ0) is 16.2. The van der Waals surface area contributed by atoms with Gasteiger partial charge in [0.1, 0.15) is 5.82 Å². The molecule has 1 saturated heterocycles. The van der Waals surface area contributed by atoms with Crippen molar-refractivity contribution in [1.82, 2.24) is 15.1 Å². The summed E-state index contributed by atoms with van der Waals surface area (Å²) in [4.78, 5) is 12.2. The van der Waals surface area contributed by atoms with Gasteiger partial charge in [0.15, 0.2) is 0 Å². The molecule has 23 heavy (non-hydrogen) atoms. The number of benzene rings is 1. The molecule has 0 bridgehead atoms. The second-order valence-electron chi connectivity index (χ2n) is 5.55. The van der Waals surface area contributed by atoms with Gasteiger partial charge in [-0.3, -0.25) is 0 Å². The number of halogens is 1. The van der Waals surface area contributed by atoms with E-state index >= 15 is 0 Å². The summed E-state index contributed by atoms with van der Waals surface area (Å²) in [5.41, 5.74) is 0.946. The molecule has 1 aliphatic heterocycles. The monoisotopic (exact) mass is 318 g/mol. The van der Waals surface area contributed by atoms with Gasteiger partial charge >= 0.3 is 6.03 Å². The highest BCUT2D eigenvalue weighted by Gasteiger charge is 2.23. The van der Waals surface area contributed by atoms with Gasteiger partial charge in [-0.2, -0.15) is 5.10 Å². The van der Waals surface area contributed by atoms with Crippen molar-refractivity contribution in [2.75, 3.05) is 11.9 Å². The van der Waals surface area contributed by atoms with Crippen LogP contribution in [0.1, 0.15) is 19.8 Å². The molecule has 1 fully saturated rings. The van der Waals surface area contributed by atoms with E-state index in [-0.39, 0.29) is 12.1 Å². The Balaban J connectivity index is 1.71. The normalized spacial score (nSPS) is 18.6. The van der Waals surface area contributed by atoms with Crippen LogP contribution in [0.4, 0.5) is 14.9 Å². The van der Waals surface area contributed by atoms with Gasteiger partial charge in [0.2, 0.25) is 0 Å². The molecule has 0 saturated carbocycles. The van der Waals surface area contributed by atoms with Gasteiger partial charge < -0.3 is 15.4 Å². The summed E-state index contributed by atoms with van der Waals surface area (Å²) in [6.45, 7) is 2.63. The third-order valence-electron chi connectivity index (χ3n) is 3.84. The Morgan fingerprint density at radius 2 is 2.39 bits per heavy atom. The molecular formula is C16H19FN4O2. The molecule has 2 N–H and O–H groups in total. The minimum absolute atomic E-state index is 0.0267. The number of carbonyl (C=O) groups is 1. The van der Waals surface area contributed by atoms with E-state index in [0.717, 1.165) is 19.4 Å². The van der Waals surface area contributed by atoms with Crippen molar-refractivity contribution in [3.05, 3.63) is 42.5 Å². The van der Waals surface area contributed by atoms with E-state index in [1.165, 1.54) is 12.1 Å². The lowest BCUT2D eigenvalue weighted by Gasteiger charge is -2.20. The lowest BCUT2D eigenvalue weighted by Crippen LogP contribution is -2.43. The van der Waals surface area contributed by atoms with Crippen molar-refractivity contribution >= 4 is 11.7 Å². The Hall–Kier alpha value is -2.41. The zero-order valence-electron chi connectivity index (χ0n) is 12.8. The number of hydrogen-bond donors (Lipinski definition) is 2. The lowest BCUT2D eigenvalue weighted by molar-refractivity contribution is 0.0868. The van der Waals surface area contributed by atoms with Crippen molar-refractivity contribution in [3.8, 4) is 5.69 Å². The summed E-state index contributed by atoms with van der Waals surface area (Å²) in [6.07, 6.45) is 5.31. The summed E-state index contributed by atoms with van der Waals surface area (Å²) < 4.78 is 20.6. The predicted octanol–water partition coefficient (Wildman–Crippen LogP) is 2.70. The molecule has 1 aromatic carbocycles. The number of hydrogen-bond acceptors (Lipinski definition) is 3. The Kier molecular flexibility index (Phi) is 4.57. The lowest BCUT2D eigenvalue weighted by atomic mass is 10.1. The fourth-order valence-corrected chi connectivity index (χ4v) is 2.67. The minimum atomic E-state index is -0.427. The fraction of sp³-hybridized carbons (Fsp3) is 0.375. The van der Waals surface area contributed by atoms with Crippen LogP contribution < -0.4 is 10.6 Å². The number of nitrogens with one attached hydrogen (secondary N) is 2. The fourth-order valence-electron chi connectivity index (χ4n) is 2.67. The van der Waals surface area contributed by atoms with E-state index in [2.05, 4.69) is 15.7 Å². The molecule has 2 heterocycles. The predicted molar refractivity (Wildman–Crippen MR) is 84.1 cm³/mol. The van der Waals surface area contributed by atoms with Crippen LogP contribution in [-0.2, 0) is 4.74 Å². The summed E-state index contributed by atoms with van der Waals surface area (Å²) >= 11 is 0. The van der Waals surface area contributed by atoms with Gasteiger partial charge in [0.25, 0.3) is 0 Å². The molecule has 7 heteroatoms. The summed E-state index contributed by atoms with van der Waals surface area (Å²) in [7, 11) is 0. The zero-order valence-corrected chi connectivity index (χ0v) is 12.8. The van der Waals surface area contributed by atoms with Crippen molar-refractivity contribution in [3.63, 3.8) is 0 Å². The van der Waals surface area contributed by atoms with Crippen LogP contribution in [-0.4, -0.2) is 34.6 Å². The number of amides is 2. The van der Waals surface area contributed by atoms with Crippen LogP contribution in [0.25, 0.3) is 5.69 Å². The molecule has 0 unspecified atom stereocenters. The average Bonchev–Trinajstić information content (AvgIpc) is 3.21. The highest BCUT2D eigenvalue weighted by atomic mass is 19.1. The third kappa shape index (κ3) is 3.68. The van der Waals surface area contributed by atoms with Gasteiger partial charge in [-0.1, -0.05) is 0 Å². The minimum Gasteiger partial charge on any atom is -0.376 e. The molecule has 2 aromatic rings. The Morgan fingerprint density at radius 3 is 3.09 bits per heavy atom. The molecule has 122 valence electrons. The number of carbonyl (C=O) groups excluding carboxylic acids is 1. The van der Waals surface area contributed by atoms with Crippen molar-refractivity contribution in [1.29, 1.82) is 0 Å². The first-order chi connectivity index (χ1) is 11.1. The SMILES string of the molecule is C[C@@H](NC(=O)Nc1cc(F)ccc1-n1cccn1)[C@H]1CCCO1. The Labute approximate surface area is 133 Å². The van der Waals surface area contributed by atoms with Crippen molar-refractivity contribution in [2.24, 2.45) is 0 Å². The molecule has 2 atom stereocenters. The molecule has 3 rings (SSSR count). The number of aromatic nitrogens is 2.